The van der Waals surface area contributed by atoms with E-state index in [4.69, 9.17) is 0 Å². The van der Waals surface area contributed by atoms with Crippen LogP contribution in [0.25, 0.3) is 11.4 Å². The molecule has 0 aliphatic rings. The molecular weight excluding hydrogens is 314 g/mol. The Morgan fingerprint density at radius 1 is 1.20 bits per heavy atom. The van der Waals surface area contributed by atoms with Gasteiger partial charge in [-0.3, -0.25) is 14.9 Å². The maximum absolute atomic E-state index is 13.3. The number of H-pyrrole nitrogens is 1. The van der Waals surface area contributed by atoms with Crippen molar-refractivity contribution in [1.82, 2.24) is 25.1 Å². The molecule has 2 aromatic heterocycles. The van der Waals surface area contributed by atoms with Gasteiger partial charge in [-0.25, -0.2) is 4.98 Å². The second kappa shape index (κ2) is 7.70. The van der Waals surface area contributed by atoms with Crippen LogP contribution in [-0.2, 0) is 6.54 Å². The van der Waals surface area contributed by atoms with Crippen LogP contribution in [0.2, 0.25) is 0 Å². The molecule has 2 heterocycles. The molecule has 0 radical (unpaired) electrons. The predicted octanol–water partition coefficient (Wildman–Crippen LogP) is 3.31. The van der Waals surface area contributed by atoms with Crippen LogP contribution in [0.15, 0.2) is 55.1 Å². The monoisotopic (exact) mass is 335 g/mol. The Morgan fingerprint density at radius 2 is 1.96 bits per heavy atom. The highest BCUT2D eigenvalue weighted by atomic mass is 16.2. The van der Waals surface area contributed by atoms with Crippen LogP contribution in [-0.4, -0.2) is 37.0 Å². The van der Waals surface area contributed by atoms with Gasteiger partial charge in [-0.15, -0.1) is 0 Å². The number of nitrogens with zero attached hydrogens (tertiary/aromatic N) is 4. The van der Waals surface area contributed by atoms with Crippen LogP contribution in [0.1, 0.15) is 36.2 Å². The first kappa shape index (κ1) is 16.8. The molecule has 0 bridgehead atoms. The number of nitrogens with one attached hydrogen (secondary N) is 1. The van der Waals surface area contributed by atoms with Gasteiger partial charge in [0, 0.05) is 30.5 Å². The molecule has 0 saturated carbocycles. The third kappa shape index (κ3) is 3.74. The second-order valence-corrected chi connectivity index (χ2v) is 5.93. The Hall–Kier alpha value is -3.02. The average molecular weight is 335 g/mol. The highest BCUT2D eigenvalue weighted by Crippen LogP contribution is 2.23. The highest BCUT2D eigenvalue weighted by Gasteiger charge is 2.24. The van der Waals surface area contributed by atoms with Crippen molar-refractivity contribution in [2.24, 2.45) is 0 Å². The summed E-state index contributed by atoms with van der Waals surface area (Å²) < 4.78 is 0. The summed E-state index contributed by atoms with van der Waals surface area (Å²) in [5.41, 5.74) is 2.43. The summed E-state index contributed by atoms with van der Waals surface area (Å²) in [5, 5.41) is 6.74. The van der Waals surface area contributed by atoms with Gasteiger partial charge in [0.1, 0.15) is 6.33 Å². The molecule has 1 amide bonds. The Kier molecular flexibility index (Phi) is 5.18. The van der Waals surface area contributed by atoms with E-state index in [0.29, 0.717) is 17.9 Å². The van der Waals surface area contributed by atoms with Gasteiger partial charge in [0.2, 0.25) is 0 Å². The Morgan fingerprint density at radius 3 is 2.64 bits per heavy atom. The second-order valence-electron chi connectivity index (χ2n) is 5.93. The SMILES string of the molecule is CC[C@H](C)N(Cc1ccncc1)C(=O)c1ccccc1-c1ncn[nH]1. The number of amides is 1. The maximum Gasteiger partial charge on any atom is 0.255 e. The minimum atomic E-state index is -0.0156. The lowest BCUT2D eigenvalue weighted by Gasteiger charge is -2.29. The standard InChI is InChI=1S/C19H21N5O/c1-3-14(2)24(12-15-8-10-20-11-9-15)19(25)17-7-5-4-6-16(17)18-21-13-22-23-18/h4-11,13-14H,3,12H2,1-2H3,(H,21,22,23)/t14-/m0/s1. The first-order valence-electron chi connectivity index (χ1n) is 8.35. The summed E-state index contributed by atoms with van der Waals surface area (Å²) >= 11 is 0. The summed E-state index contributed by atoms with van der Waals surface area (Å²) in [4.78, 5) is 23.4. The summed E-state index contributed by atoms with van der Waals surface area (Å²) in [6.45, 7) is 4.69. The van der Waals surface area contributed by atoms with Gasteiger partial charge >= 0.3 is 0 Å². The lowest BCUT2D eigenvalue weighted by atomic mass is 10.0. The lowest BCUT2D eigenvalue weighted by Crippen LogP contribution is -2.38. The zero-order chi connectivity index (χ0) is 17.6. The topological polar surface area (TPSA) is 74.8 Å². The molecule has 0 fully saturated rings. The van der Waals surface area contributed by atoms with Crippen LogP contribution in [0, 0.1) is 0 Å². The van der Waals surface area contributed by atoms with Crippen molar-refractivity contribution in [3.8, 4) is 11.4 Å². The van der Waals surface area contributed by atoms with Crippen molar-refractivity contribution < 1.29 is 4.79 Å². The quantitative estimate of drug-likeness (QED) is 0.750. The molecule has 0 unspecified atom stereocenters. The maximum atomic E-state index is 13.3. The molecule has 0 aliphatic carbocycles. The molecular formula is C19H21N5O. The number of aromatic amines is 1. The number of benzene rings is 1. The summed E-state index contributed by atoms with van der Waals surface area (Å²) in [6.07, 6.45) is 5.81. The zero-order valence-corrected chi connectivity index (χ0v) is 14.4. The van der Waals surface area contributed by atoms with Crippen LogP contribution in [0.4, 0.5) is 0 Å². The van der Waals surface area contributed by atoms with Gasteiger partial charge in [-0.05, 0) is 37.1 Å². The number of hydrogen-bond donors (Lipinski definition) is 1. The predicted molar refractivity (Wildman–Crippen MR) is 95.7 cm³/mol. The number of carbonyl (C=O) groups excluding carboxylic acids is 1. The van der Waals surface area contributed by atoms with Crippen LogP contribution in [0.5, 0.6) is 0 Å². The number of rotatable bonds is 6. The molecule has 1 aromatic carbocycles. The van der Waals surface area contributed by atoms with Crippen molar-refractivity contribution in [3.63, 3.8) is 0 Å². The van der Waals surface area contributed by atoms with E-state index in [1.165, 1.54) is 6.33 Å². The molecule has 6 heteroatoms. The number of aromatic nitrogens is 4. The summed E-state index contributed by atoms with van der Waals surface area (Å²) in [5.74, 6) is 0.579. The van der Waals surface area contributed by atoms with Gasteiger partial charge in [-0.1, -0.05) is 25.1 Å². The van der Waals surface area contributed by atoms with Gasteiger partial charge < -0.3 is 4.90 Å². The average Bonchev–Trinajstić information content (AvgIpc) is 3.20. The fourth-order valence-corrected chi connectivity index (χ4v) is 2.70. The minimum Gasteiger partial charge on any atom is -0.332 e. The third-order valence-corrected chi connectivity index (χ3v) is 4.31. The fourth-order valence-electron chi connectivity index (χ4n) is 2.70. The normalized spacial score (nSPS) is 11.9. The van der Waals surface area contributed by atoms with Crippen molar-refractivity contribution in [1.29, 1.82) is 0 Å². The zero-order valence-electron chi connectivity index (χ0n) is 14.4. The lowest BCUT2D eigenvalue weighted by molar-refractivity contribution is 0.0672. The van der Waals surface area contributed by atoms with E-state index in [1.54, 1.807) is 12.4 Å². The van der Waals surface area contributed by atoms with Gasteiger partial charge in [-0.2, -0.15) is 5.10 Å². The van der Waals surface area contributed by atoms with Crippen molar-refractivity contribution in [2.75, 3.05) is 0 Å². The first-order chi connectivity index (χ1) is 12.2. The molecule has 0 saturated heterocycles. The van der Waals surface area contributed by atoms with E-state index < -0.39 is 0 Å². The van der Waals surface area contributed by atoms with Crippen molar-refractivity contribution >= 4 is 5.91 Å². The Bertz CT molecular complexity index is 817. The highest BCUT2D eigenvalue weighted by molar-refractivity contribution is 6.00. The molecule has 3 aromatic rings. The van der Waals surface area contributed by atoms with E-state index in [2.05, 4.69) is 34.0 Å². The number of pyridine rings is 1. The molecule has 128 valence electrons. The van der Waals surface area contributed by atoms with E-state index in [-0.39, 0.29) is 11.9 Å². The molecule has 3 rings (SSSR count). The van der Waals surface area contributed by atoms with Gasteiger partial charge in [0.15, 0.2) is 5.82 Å². The van der Waals surface area contributed by atoms with E-state index in [1.807, 2.05) is 41.3 Å². The number of hydrogen-bond acceptors (Lipinski definition) is 4. The third-order valence-electron chi connectivity index (χ3n) is 4.31. The molecule has 25 heavy (non-hydrogen) atoms. The van der Waals surface area contributed by atoms with E-state index in [9.17, 15) is 4.79 Å². The molecule has 1 N–H and O–H groups in total. The van der Waals surface area contributed by atoms with Gasteiger partial charge in [0.05, 0.1) is 5.56 Å². The first-order valence-corrected chi connectivity index (χ1v) is 8.35. The molecule has 0 spiro atoms. The summed E-state index contributed by atoms with van der Waals surface area (Å²) in [7, 11) is 0. The smallest absolute Gasteiger partial charge is 0.255 e. The van der Waals surface area contributed by atoms with Crippen molar-refractivity contribution in [2.45, 2.75) is 32.9 Å². The van der Waals surface area contributed by atoms with Crippen LogP contribution in [0.3, 0.4) is 0 Å². The number of carbonyl (C=O) groups is 1. The molecule has 6 nitrogen and oxygen atoms in total. The van der Waals surface area contributed by atoms with E-state index >= 15 is 0 Å². The fraction of sp³-hybridized carbons (Fsp3) is 0.263. The van der Waals surface area contributed by atoms with E-state index in [0.717, 1.165) is 17.5 Å². The Balaban J connectivity index is 1.96. The van der Waals surface area contributed by atoms with Crippen LogP contribution < -0.4 is 0 Å². The molecule has 1 atom stereocenters. The van der Waals surface area contributed by atoms with Gasteiger partial charge in [0.25, 0.3) is 5.91 Å². The van der Waals surface area contributed by atoms with Crippen molar-refractivity contribution in [3.05, 3.63) is 66.2 Å². The summed E-state index contributed by atoms with van der Waals surface area (Å²) in [6, 6.07) is 11.5. The Labute approximate surface area is 146 Å². The largest absolute Gasteiger partial charge is 0.332 e. The molecule has 0 aliphatic heterocycles. The minimum absolute atomic E-state index is 0.0156. The van der Waals surface area contributed by atoms with Crippen LogP contribution >= 0.6 is 0 Å².